The van der Waals surface area contributed by atoms with Crippen LogP contribution in [0, 0.1) is 0 Å². The monoisotopic (exact) mass is 377 g/mol. The number of carbonyl (C=O) groups excluding carboxylic acids is 2. The minimum Gasteiger partial charge on any atom is -0.368 e. The first-order valence-corrected chi connectivity index (χ1v) is 9.89. The van der Waals surface area contributed by atoms with Crippen LogP contribution in [0.3, 0.4) is 0 Å². The summed E-state index contributed by atoms with van der Waals surface area (Å²) in [5.74, 6) is 0.156. The Kier molecular flexibility index (Phi) is 4.61. The van der Waals surface area contributed by atoms with E-state index in [0.717, 1.165) is 35.6 Å². The molecule has 0 aliphatic carbocycles. The number of nitrogens with zero attached hydrogens (tertiary/aromatic N) is 2. The molecule has 0 radical (unpaired) electrons. The highest BCUT2D eigenvalue weighted by atomic mass is 16.2. The summed E-state index contributed by atoms with van der Waals surface area (Å²) in [6.07, 6.45) is 0.451. The van der Waals surface area contributed by atoms with Crippen LogP contribution in [0.2, 0.25) is 0 Å². The Morgan fingerprint density at radius 1 is 0.964 bits per heavy atom. The van der Waals surface area contributed by atoms with Crippen molar-refractivity contribution in [3.05, 3.63) is 59.2 Å². The van der Waals surface area contributed by atoms with Crippen molar-refractivity contribution >= 4 is 23.2 Å². The topological polar surface area (TPSA) is 52.7 Å². The SMILES string of the molecule is CC(C)(C)c1ccc(C(=O)N2CCN(c3ccc4c(c3)CC(=O)N4)CC2)cc1. The number of carbonyl (C=O) groups is 2. The fourth-order valence-corrected chi connectivity index (χ4v) is 3.88. The molecule has 146 valence electrons. The van der Waals surface area contributed by atoms with E-state index in [1.807, 2.05) is 29.2 Å². The average molecular weight is 377 g/mol. The summed E-state index contributed by atoms with van der Waals surface area (Å²) in [7, 11) is 0. The largest absolute Gasteiger partial charge is 0.368 e. The van der Waals surface area contributed by atoms with Crippen LogP contribution in [0.25, 0.3) is 0 Å². The van der Waals surface area contributed by atoms with Gasteiger partial charge in [0, 0.05) is 43.1 Å². The number of amides is 2. The lowest BCUT2D eigenvalue weighted by molar-refractivity contribution is -0.115. The van der Waals surface area contributed by atoms with Crippen molar-refractivity contribution in [3.8, 4) is 0 Å². The normalized spacial score (nSPS) is 16.8. The number of rotatable bonds is 2. The van der Waals surface area contributed by atoms with Gasteiger partial charge >= 0.3 is 0 Å². The Morgan fingerprint density at radius 2 is 1.64 bits per heavy atom. The molecule has 5 nitrogen and oxygen atoms in total. The van der Waals surface area contributed by atoms with E-state index in [-0.39, 0.29) is 17.2 Å². The fourth-order valence-electron chi connectivity index (χ4n) is 3.88. The molecule has 2 aromatic carbocycles. The zero-order valence-electron chi connectivity index (χ0n) is 16.8. The molecule has 2 aliphatic heterocycles. The van der Waals surface area contributed by atoms with Crippen LogP contribution in [0.5, 0.6) is 0 Å². The van der Waals surface area contributed by atoms with Crippen LogP contribution in [0.1, 0.15) is 42.3 Å². The molecular weight excluding hydrogens is 350 g/mol. The highest BCUT2D eigenvalue weighted by Crippen LogP contribution is 2.28. The summed E-state index contributed by atoms with van der Waals surface area (Å²) >= 11 is 0. The van der Waals surface area contributed by atoms with Crippen molar-refractivity contribution in [2.45, 2.75) is 32.6 Å². The Balaban J connectivity index is 1.39. The summed E-state index contributed by atoms with van der Waals surface area (Å²) < 4.78 is 0. The van der Waals surface area contributed by atoms with Gasteiger partial charge in [-0.3, -0.25) is 9.59 Å². The highest BCUT2D eigenvalue weighted by molar-refractivity contribution is 5.99. The standard InChI is InChI=1S/C23H27N3O2/c1-23(2,3)18-6-4-16(5-7-18)22(28)26-12-10-25(11-13-26)19-8-9-20-17(14-19)15-21(27)24-20/h4-9,14H,10-13,15H2,1-3H3,(H,24,27). The molecule has 0 atom stereocenters. The summed E-state index contributed by atoms with van der Waals surface area (Å²) in [6, 6.07) is 14.1. The molecule has 2 amide bonds. The maximum Gasteiger partial charge on any atom is 0.253 e. The molecule has 0 bridgehead atoms. The predicted molar refractivity (Wildman–Crippen MR) is 112 cm³/mol. The molecule has 1 saturated heterocycles. The molecule has 1 fully saturated rings. The first kappa shape index (κ1) is 18.5. The van der Waals surface area contributed by atoms with Crippen LogP contribution in [0.15, 0.2) is 42.5 Å². The van der Waals surface area contributed by atoms with Crippen LogP contribution >= 0.6 is 0 Å². The molecule has 2 aromatic rings. The second kappa shape index (κ2) is 6.97. The van der Waals surface area contributed by atoms with E-state index in [1.165, 1.54) is 5.56 Å². The molecule has 0 aromatic heterocycles. The lowest BCUT2D eigenvalue weighted by atomic mass is 9.86. The zero-order valence-corrected chi connectivity index (χ0v) is 16.8. The van der Waals surface area contributed by atoms with Crippen molar-refractivity contribution in [1.82, 2.24) is 4.90 Å². The molecule has 0 spiro atoms. The molecular formula is C23H27N3O2. The van der Waals surface area contributed by atoms with Crippen LogP contribution in [0.4, 0.5) is 11.4 Å². The minimum absolute atomic E-state index is 0.0556. The Labute approximate surface area is 166 Å². The van der Waals surface area contributed by atoms with Crippen LogP contribution in [-0.2, 0) is 16.6 Å². The van der Waals surface area contributed by atoms with Crippen molar-refractivity contribution in [1.29, 1.82) is 0 Å². The van der Waals surface area contributed by atoms with E-state index in [1.54, 1.807) is 0 Å². The van der Waals surface area contributed by atoms with Crippen molar-refractivity contribution in [2.75, 3.05) is 36.4 Å². The number of nitrogens with one attached hydrogen (secondary N) is 1. The molecule has 0 saturated carbocycles. The molecule has 2 aliphatic rings. The molecule has 2 heterocycles. The Bertz CT molecular complexity index is 904. The van der Waals surface area contributed by atoms with Crippen molar-refractivity contribution in [2.24, 2.45) is 0 Å². The van der Waals surface area contributed by atoms with E-state index in [4.69, 9.17) is 0 Å². The Hall–Kier alpha value is -2.82. The molecule has 0 unspecified atom stereocenters. The molecule has 1 N–H and O–H groups in total. The van der Waals surface area contributed by atoms with E-state index >= 15 is 0 Å². The van der Waals surface area contributed by atoms with Gasteiger partial charge < -0.3 is 15.1 Å². The summed E-state index contributed by atoms with van der Waals surface area (Å²) in [6.45, 7) is 9.52. The third kappa shape index (κ3) is 3.61. The molecule has 4 rings (SSSR count). The van der Waals surface area contributed by atoms with Crippen LogP contribution < -0.4 is 10.2 Å². The highest BCUT2D eigenvalue weighted by Gasteiger charge is 2.24. The van der Waals surface area contributed by atoms with Gasteiger partial charge in [-0.15, -0.1) is 0 Å². The number of hydrogen-bond acceptors (Lipinski definition) is 3. The van der Waals surface area contributed by atoms with Gasteiger partial charge in [-0.1, -0.05) is 32.9 Å². The van der Waals surface area contributed by atoms with Gasteiger partial charge in [0.15, 0.2) is 0 Å². The van der Waals surface area contributed by atoms with E-state index in [2.05, 4.69) is 49.2 Å². The smallest absolute Gasteiger partial charge is 0.253 e. The summed E-state index contributed by atoms with van der Waals surface area (Å²) in [5.41, 5.74) is 5.17. The number of piperazine rings is 1. The van der Waals surface area contributed by atoms with Crippen molar-refractivity contribution < 1.29 is 9.59 Å². The first-order valence-electron chi connectivity index (χ1n) is 9.89. The molecule has 5 heteroatoms. The predicted octanol–water partition coefficient (Wildman–Crippen LogP) is 3.44. The van der Waals surface area contributed by atoms with Gasteiger partial charge in [-0.05, 0) is 46.9 Å². The fraction of sp³-hybridized carbons (Fsp3) is 0.391. The van der Waals surface area contributed by atoms with Crippen molar-refractivity contribution in [3.63, 3.8) is 0 Å². The van der Waals surface area contributed by atoms with Gasteiger partial charge in [-0.2, -0.15) is 0 Å². The second-order valence-corrected chi connectivity index (χ2v) is 8.67. The lowest BCUT2D eigenvalue weighted by Crippen LogP contribution is -2.48. The summed E-state index contributed by atoms with van der Waals surface area (Å²) in [4.78, 5) is 28.6. The average Bonchev–Trinajstić information content (AvgIpc) is 3.06. The quantitative estimate of drug-likeness (QED) is 0.872. The Morgan fingerprint density at radius 3 is 2.29 bits per heavy atom. The summed E-state index contributed by atoms with van der Waals surface area (Å²) in [5, 5.41) is 2.87. The zero-order chi connectivity index (χ0) is 19.9. The second-order valence-electron chi connectivity index (χ2n) is 8.67. The van der Waals surface area contributed by atoms with Crippen LogP contribution in [-0.4, -0.2) is 42.9 Å². The van der Waals surface area contributed by atoms with E-state index < -0.39 is 0 Å². The van der Waals surface area contributed by atoms with Gasteiger partial charge in [-0.25, -0.2) is 0 Å². The maximum absolute atomic E-state index is 12.9. The number of benzene rings is 2. The van der Waals surface area contributed by atoms with Gasteiger partial charge in [0.1, 0.15) is 0 Å². The third-order valence-electron chi connectivity index (χ3n) is 5.64. The van der Waals surface area contributed by atoms with E-state index in [0.29, 0.717) is 19.5 Å². The number of hydrogen-bond donors (Lipinski definition) is 1. The number of fused-ring (bicyclic) bond motifs is 1. The lowest BCUT2D eigenvalue weighted by Gasteiger charge is -2.36. The number of anilines is 2. The first-order chi connectivity index (χ1) is 13.3. The van der Waals surface area contributed by atoms with Gasteiger partial charge in [0.25, 0.3) is 5.91 Å². The van der Waals surface area contributed by atoms with Gasteiger partial charge in [0.05, 0.1) is 6.42 Å². The minimum atomic E-state index is 0.0556. The van der Waals surface area contributed by atoms with Gasteiger partial charge in [0.2, 0.25) is 5.91 Å². The molecule has 28 heavy (non-hydrogen) atoms. The third-order valence-corrected chi connectivity index (χ3v) is 5.64. The van der Waals surface area contributed by atoms with E-state index in [9.17, 15) is 9.59 Å². The maximum atomic E-state index is 12.9.